The molecule has 7 nitrogen and oxygen atoms in total. The van der Waals surface area contributed by atoms with Gasteiger partial charge < -0.3 is 19.4 Å². The molecule has 1 N–H and O–H groups in total. The second-order valence-corrected chi connectivity index (χ2v) is 8.26. The van der Waals surface area contributed by atoms with E-state index < -0.39 is 6.47 Å². The zero-order valence-electron chi connectivity index (χ0n) is 19.5. The fourth-order valence-electron chi connectivity index (χ4n) is 4.31. The number of carbonyl (C=O) groups excluding carboxylic acids is 1. The summed E-state index contributed by atoms with van der Waals surface area (Å²) in [5.41, 5.74) is 5.39. The molecular weight excluding hydrogens is 466 g/mol. The predicted molar refractivity (Wildman–Crippen MR) is 134 cm³/mol. The number of carboxylic acid groups (broad SMARTS) is 1. The highest BCUT2D eigenvalue weighted by atomic mass is 35.5. The van der Waals surface area contributed by atoms with Gasteiger partial charge in [0.05, 0.1) is 32.9 Å². The van der Waals surface area contributed by atoms with Gasteiger partial charge in [-0.15, -0.1) is 0 Å². The highest BCUT2D eigenvalue weighted by molar-refractivity contribution is 6.30. The van der Waals surface area contributed by atoms with Gasteiger partial charge in [0.15, 0.2) is 0 Å². The Morgan fingerprint density at radius 2 is 1.71 bits per heavy atom. The highest BCUT2D eigenvalue weighted by Crippen LogP contribution is 2.34. The van der Waals surface area contributed by atoms with E-state index in [4.69, 9.17) is 31.0 Å². The van der Waals surface area contributed by atoms with Crippen LogP contribution in [0.1, 0.15) is 6.42 Å². The number of hydrogen-bond acceptors (Lipinski definition) is 5. The fourth-order valence-corrected chi connectivity index (χ4v) is 4.48. The number of rotatable bonds is 5. The minimum atomic E-state index is -0.500. The largest absolute Gasteiger partial charge is 0.554 e. The van der Waals surface area contributed by atoms with E-state index in [1.54, 1.807) is 14.2 Å². The number of aromatic nitrogens is 2. The van der Waals surface area contributed by atoms with Crippen molar-refractivity contribution in [1.29, 1.82) is 0 Å². The zero-order chi connectivity index (χ0) is 24.8. The Hall–Kier alpha value is -3.97. The molecule has 1 aromatic heterocycles. The molecule has 1 aliphatic heterocycles. The molecule has 1 aliphatic rings. The van der Waals surface area contributed by atoms with Crippen molar-refractivity contribution in [3.05, 3.63) is 77.9 Å². The van der Waals surface area contributed by atoms with Gasteiger partial charge in [0.1, 0.15) is 29.1 Å². The van der Waals surface area contributed by atoms with Crippen LogP contribution in [-0.2, 0) is 11.3 Å². The highest BCUT2D eigenvalue weighted by Gasteiger charge is 2.28. The van der Waals surface area contributed by atoms with E-state index >= 15 is 0 Å². The van der Waals surface area contributed by atoms with Crippen LogP contribution in [0.15, 0.2) is 72.9 Å². The van der Waals surface area contributed by atoms with Gasteiger partial charge in [-0.3, -0.25) is 5.32 Å². The van der Waals surface area contributed by atoms with Crippen molar-refractivity contribution in [2.45, 2.75) is 13.0 Å². The van der Waals surface area contributed by atoms with E-state index in [1.807, 2.05) is 36.4 Å². The number of benzene rings is 3. The first kappa shape index (κ1) is 24.2. The number of para-hydroxylation sites is 1. The topological polar surface area (TPSA) is 79.4 Å². The van der Waals surface area contributed by atoms with Gasteiger partial charge in [0.25, 0.3) is 0 Å². The fraction of sp³-hybridized carbons (Fsp3) is 0.185. The Labute approximate surface area is 209 Å². The number of halogens is 1. The van der Waals surface area contributed by atoms with E-state index in [2.05, 4.69) is 51.0 Å². The summed E-state index contributed by atoms with van der Waals surface area (Å²) in [7, 11) is 3.38. The van der Waals surface area contributed by atoms with Crippen LogP contribution in [-0.4, -0.2) is 31.8 Å². The number of hydrogen-bond donors (Lipinski definition) is 1. The van der Waals surface area contributed by atoms with E-state index in [-0.39, 0.29) is 0 Å². The first-order valence-corrected chi connectivity index (χ1v) is 11.5. The average Bonchev–Trinajstić information content (AvgIpc) is 3.28. The smallest absolute Gasteiger partial charge is 0.362 e. The summed E-state index contributed by atoms with van der Waals surface area (Å²) < 4.78 is 15.7. The average molecular weight is 492 g/mol. The number of anilines is 1. The van der Waals surface area contributed by atoms with Gasteiger partial charge in [0, 0.05) is 23.5 Å². The molecule has 35 heavy (non-hydrogen) atoms. The molecule has 0 spiro atoms. The summed E-state index contributed by atoms with van der Waals surface area (Å²) in [5.74, 6) is 2.70. The Kier molecular flexibility index (Phi) is 7.57. The minimum Gasteiger partial charge on any atom is -0.554 e. The summed E-state index contributed by atoms with van der Waals surface area (Å²) >= 11 is 6.20. The third-order valence-corrected chi connectivity index (χ3v) is 6.11. The first-order valence-electron chi connectivity index (χ1n) is 11.1. The number of nitrogens with zero attached hydrogens (tertiary/aromatic N) is 2. The van der Waals surface area contributed by atoms with Gasteiger partial charge in [0.2, 0.25) is 0 Å². The summed E-state index contributed by atoms with van der Waals surface area (Å²) in [6, 6.07) is 22.4. The molecule has 0 fully saturated rings. The third kappa shape index (κ3) is 4.95. The van der Waals surface area contributed by atoms with Crippen molar-refractivity contribution in [3.8, 4) is 39.6 Å². The van der Waals surface area contributed by atoms with Gasteiger partial charge in [-0.2, -0.15) is 0 Å². The van der Waals surface area contributed by atoms with Crippen LogP contribution in [0.2, 0.25) is 5.02 Å². The van der Waals surface area contributed by atoms with Crippen LogP contribution in [0.3, 0.4) is 0 Å². The summed E-state index contributed by atoms with van der Waals surface area (Å²) in [6.07, 6.45) is 3.23. The minimum absolute atomic E-state index is 0.500. The molecular formula is C27H26ClN3O4. The molecule has 4 aromatic rings. The lowest BCUT2D eigenvalue weighted by molar-refractivity contribution is -0.675. The van der Waals surface area contributed by atoms with E-state index in [1.165, 1.54) is 0 Å². The Bertz CT molecular complexity index is 1320. The second kappa shape index (κ2) is 11.0. The molecule has 0 unspecified atom stereocenters. The van der Waals surface area contributed by atoms with E-state index in [0.29, 0.717) is 5.02 Å². The standard InChI is InChI=1S/C26H24ClN3O2.CH2O2/c1-31-24-7-4-3-6-21(24)18-8-11-20(12-9-18)30-17-23(29-15-5-14-28-26(29)30)22-13-10-19(27)16-25(22)32-2;2-1-3/h3-4,6-13,16-17H,5,14-15H2,1-2H3;1H,(H,2,3). The lowest BCUT2D eigenvalue weighted by Gasteiger charge is -2.14. The van der Waals surface area contributed by atoms with Crippen LogP contribution < -0.4 is 24.5 Å². The Balaban J connectivity index is 0.000000917. The number of imidazole rings is 1. The maximum absolute atomic E-state index is 8.25. The van der Waals surface area contributed by atoms with Gasteiger partial charge in [-0.05, 0) is 42.0 Å². The predicted octanol–water partition coefficient (Wildman–Crippen LogP) is 3.95. The first-order chi connectivity index (χ1) is 17.1. The van der Waals surface area contributed by atoms with Crippen molar-refractivity contribution >= 4 is 24.0 Å². The van der Waals surface area contributed by atoms with Crippen LogP contribution in [0, 0.1) is 0 Å². The number of methoxy groups -OCH3 is 2. The summed E-state index contributed by atoms with van der Waals surface area (Å²) in [5, 5.41) is 12.5. The molecule has 2 heterocycles. The van der Waals surface area contributed by atoms with Crippen LogP contribution >= 0.6 is 11.6 Å². The monoisotopic (exact) mass is 491 g/mol. The van der Waals surface area contributed by atoms with Crippen molar-refractivity contribution in [3.63, 3.8) is 0 Å². The van der Waals surface area contributed by atoms with Gasteiger partial charge in [-0.25, -0.2) is 9.13 Å². The van der Waals surface area contributed by atoms with E-state index in [0.717, 1.165) is 65.0 Å². The molecule has 8 heteroatoms. The van der Waals surface area contributed by atoms with Crippen molar-refractivity contribution in [2.24, 2.45) is 0 Å². The van der Waals surface area contributed by atoms with Gasteiger partial charge >= 0.3 is 5.95 Å². The SMILES string of the molecule is COc1ccccc1-c1ccc(-n2cc(-c3ccc(Cl)cc3OC)[n+]3c2NCCC3)cc1.O=C[O-]. The van der Waals surface area contributed by atoms with Crippen LogP contribution in [0.25, 0.3) is 28.1 Å². The molecule has 0 radical (unpaired) electrons. The second-order valence-electron chi connectivity index (χ2n) is 7.83. The molecule has 0 aliphatic carbocycles. The normalized spacial score (nSPS) is 12.0. The summed E-state index contributed by atoms with van der Waals surface area (Å²) in [6.45, 7) is 1.39. The maximum Gasteiger partial charge on any atom is 0.362 e. The van der Waals surface area contributed by atoms with Gasteiger partial charge in [-0.1, -0.05) is 41.9 Å². The van der Waals surface area contributed by atoms with E-state index in [9.17, 15) is 0 Å². The van der Waals surface area contributed by atoms with Crippen molar-refractivity contribution < 1.29 is 23.9 Å². The molecule has 0 saturated carbocycles. The lowest BCUT2D eigenvalue weighted by Crippen LogP contribution is -2.43. The summed E-state index contributed by atoms with van der Waals surface area (Å²) in [4.78, 5) is 8.25. The molecule has 0 amide bonds. The molecule has 5 rings (SSSR count). The zero-order valence-corrected chi connectivity index (χ0v) is 20.3. The van der Waals surface area contributed by atoms with Crippen LogP contribution in [0.5, 0.6) is 11.5 Å². The van der Waals surface area contributed by atoms with Crippen LogP contribution in [0.4, 0.5) is 5.95 Å². The van der Waals surface area contributed by atoms with Crippen molar-refractivity contribution in [1.82, 2.24) is 4.57 Å². The molecule has 0 atom stereocenters. The molecule has 3 aromatic carbocycles. The number of carbonyl (C=O) groups is 1. The number of fused-ring (bicyclic) bond motifs is 1. The quantitative estimate of drug-likeness (QED) is 0.338. The molecule has 180 valence electrons. The number of nitrogens with one attached hydrogen (secondary N) is 1. The Morgan fingerprint density at radius 3 is 2.43 bits per heavy atom. The third-order valence-electron chi connectivity index (χ3n) is 5.87. The maximum atomic E-state index is 8.25. The molecule has 0 saturated heterocycles. The van der Waals surface area contributed by atoms with Crippen molar-refractivity contribution in [2.75, 3.05) is 26.1 Å². The number of ether oxygens (including phenoxy) is 2. The lowest BCUT2D eigenvalue weighted by atomic mass is 10.0. The Morgan fingerprint density at radius 1 is 1.00 bits per heavy atom. The molecule has 0 bridgehead atoms.